The zero-order valence-electron chi connectivity index (χ0n) is 36.4. The molecule has 0 aliphatic carbocycles. The molecule has 2 aliphatic rings. The summed E-state index contributed by atoms with van der Waals surface area (Å²) in [6, 6.07) is 42.9. The predicted octanol–water partition coefficient (Wildman–Crippen LogP) is 8.42. The van der Waals surface area contributed by atoms with Gasteiger partial charge in [-0.3, -0.25) is 15.0 Å². The van der Waals surface area contributed by atoms with Gasteiger partial charge < -0.3 is 45.5 Å². The molecule has 6 aromatic carbocycles. The number of aromatic amines is 3. The number of anilines is 4. The number of piperazine rings is 2. The molecule has 15 heteroatoms. The number of nitrogens with zero attached hydrogens (tertiary/aromatic N) is 7. The number of carbonyl (C=O) groups is 1. The summed E-state index contributed by atoms with van der Waals surface area (Å²) < 4.78 is 11.7. The predicted molar refractivity (Wildman–Crippen MR) is 260 cm³/mol. The first-order chi connectivity index (χ1) is 31.8. The largest absolute Gasteiger partial charge is 0.457 e. The van der Waals surface area contributed by atoms with Gasteiger partial charge in [0.25, 0.3) is 0 Å². The van der Waals surface area contributed by atoms with Gasteiger partial charge in [-0.2, -0.15) is 10.2 Å². The van der Waals surface area contributed by atoms with E-state index in [1.807, 2.05) is 109 Å². The minimum Gasteiger partial charge on any atom is -0.457 e. The number of rotatable bonds is 8. The van der Waals surface area contributed by atoms with Gasteiger partial charge in [-0.1, -0.05) is 36.4 Å². The molecule has 65 heavy (non-hydrogen) atoms. The molecule has 5 heterocycles. The Morgan fingerprint density at radius 3 is 1.72 bits per heavy atom. The van der Waals surface area contributed by atoms with Crippen molar-refractivity contribution in [2.45, 2.75) is 0 Å². The number of benzene rings is 6. The minimum atomic E-state index is 0.462. The summed E-state index contributed by atoms with van der Waals surface area (Å²) in [4.78, 5) is 28.6. The molecule has 0 radical (unpaired) electrons. The maximum Gasteiger partial charge on any atom is 0.168 e. The van der Waals surface area contributed by atoms with Crippen molar-refractivity contribution in [2.75, 3.05) is 87.7 Å². The van der Waals surface area contributed by atoms with Crippen LogP contribution in [-0.4, -0.2) is 113 Å². The zero-order chi connectivity index (χ0) is 44.7. The number of H-pyrrole nitrogens is 3. The lowest BCUT2D eigenvalue weighted by Crippen LogP contribution is -2.44. The maximum absolute atomic E-state index is 10.8. The molecule has 0 atom stereocenters. The summed E-state index contributed by atoms with van der Waals surface area (Å²) in [5.74, 6) is 3.75. The standard InChI is InChI=1S/C25H24N6O.C14H10N2O2.C11H18N4/c1-30-11-13-31(14-12-30)17-7-9-22-23(15-17)27-25(26-22)24-20-16-19(8-10-21(20)28-29-24)32-18-5-3-2-4-6-18;17-9-14-12-8-11(6-7-13(12)15-16-14)18-10-4-2-1-3-5-10;1-14-4-6-15(7-5-14)9-2-3-10(12)11(13)8-9/h2-10,15-16H,11-14H2,1H3,(H,26,27)(H,28,29);1-9H,(H,15,16);2-3,8H,4-7,12-13H2,1H3. The summed E-state index contributed by atoms with van der Waals surface area (Å²) in [6.45, 7) is 8.56. The lowest BCUT2D eigenvalue weighted by atomic mass is 10.2. The molecule has 0 saturated carbocycles. The summed E-state index contributed by atoms with van der Waals surface area (Å²) in [6.07, 6.45) is 0.752. The van der Waals surface area contributed by atoms with Crippen LogP contribution in [0, 0.1) is 0 Å². The molecule has 0 amide bonds. The summed E-state index contributed by atoms with van der Waals surface area (Å²) >= 11 is 0. The highest BCUT2D eigenvalue weighted by Gasteiger charge is 2.18. The Hall–Kier alpha value is -7.88. The van der Waals surface area contributed by atoms with Crippen LogP contribution in [0.2, 0.25) is 0 Å². The van der Waals surface area contributed by atoms with Crippen molar-refractivity contribution in [3.05, 3.63) is 139 Å². The van der Waals surface area contributed by atoms with E-state index < -0.39 is 0 Å². The molecule has 2 aliphatic heterocycles. The van der Waals surface area contributed by atoms with Crippen molar-refractivity contribution in [3.63, 3.8) is 0 Å². The van der Waals surface area contributed by atoms with Gasteiger partial charge in [-0.25, -0.2) is 4.98 Å². The molecule has 0 spiro atoms. The van der Waals surface area contributed by atoms with Gasteiger partial charge in [0.05, 0.1) is 33.4 Å². The highest BCUT2D eigenvalue weighted by Crippen LogP contribution is 2.32. The fraction of sp³-hybridized carbons (Fsp3) is 0.200. The van der Waals surface area contributed by atoms with E-state index in [0.29, 0.717) is 22.8 Å². The van der Waals surface area contributed by atoms with Crippen molar-refractivity contribution in [1.82, 2.24) is 40.2 Å². The van der Waals surface area contributed by atoms with E-state index in [0.717, 1.165) is 120 Å². The average molecular weight is 869 g/mol. The van der Waals surface area contributed by atoms with E-state index in [2.05, 4.69) is 77.3 Å². The van der Waals surface area contributed by atoms with E-state index in [4.69, 9.17) is 25.9 Å². The molecule has 11 rings (SSSR count). The van der Waals surface area contributed by atoms with Gasteiger partial charge >= 0.3 is 0 Å². The monoisotopic (exact) mass is 868 g/mol. The zero-order valence-corrected chi connectivity index (χ0v) is 36.4. The van der Waals surface area contributed by atoms with Crippen molar-refractivity contribution in [2.24, 2.45) is 0 Å². The second-order valence-corrected chi connectivity index (χ2v) is 16.2. The number of aldehydes is 1. The van der Waals surface area contributed by atoms with E-state index in [1.165, 1.54) is 11.4 Å². The molecule has 3 aromatic heterocycles. The molecule has 330 valence electrons. The van der Waals surface area contributed by atoms with Crippen molar-refractivity contribution >= 4 is 61.9 Å². The van der Waals surface area contributed by atoms with Crippen LogP contribution in [0.25, 0.3) is 44.4 Å². The first kappa shape index (κ1) is 42.4. The Morgan fingerprint density at radius 1 is 0.538 bits per heavy atom. The lowest BCUT2D eigenvalue weighted by molar-refractivity contribution is 0.112. The van der Waals surface area contributed by atoms with Crippen molar-refractivity contribution in [3.8, 4) is 34.5 Å². The topological polar surface area (TPSA) is 187 Å². The van der Waals surface area contributed by atoms with Gasteiger partial charge in [0.1, 0.15) is 34.4 Å². The first-order valence-corrected chi connectivity index (χ1v) is 21.7. The molecular weight excluding hydrogens is 817 g/mol. The fourth-order valence-electron chi connectivity index (χ4n) is 7.84. The van der Waals surface area contributed by atoms with Gasteiger partial charge in [-0.15, -0.1) is 0 Å². The quantitative estimate of drug-likeness (QED) is 0.0726. The number of ether oxygens (including phenoxy) is 2. The second-order valence-electron chi connectivity index (χ2n) is 16.2. The number of likely N-dealkylation sites (N-methyl/N-ethyl adjacent to an activating group) is 2. The van der Waals surface area contributed by atoms with Crippen molar-refractivity contribution < 1.29 is 14.3 Å². The Morgan fingerprint density at radius 2 is 1.11 bits per heavy atom. The molecule has 2 saturated heterocycles. The second kappa shape index (κ2) is 19.2. The Balaban J connectivity index is 0.000000136. The normalized spacial score (nSPS) is 14.4. The van der Waals surface area contributed by atoms with Crippen LogP contribution < -0.4 is 30.7 Å². The van der Waals surface area contributed by atoms with Gasteiger partial charge in [0.15, 0.2) is 12.1 Å². The van der Waals surface area contributed by atoms with Gasteiger partial charge in [-0.05, 0) is 111 Å². The molecule has 15 nitrogen and oxygen atoms in total. The summed E-state index contributed by atoms with van der Waals surface area (Å²) in [5.41, 5.74) is 20.1. The van der Waals surface area contributed by atoms with E-state index in [-0.39, 0.29) is 0 Å². The Labute approximate surface area is 376 Å². The highest BCUT2D eigenvalue weighted by atomic mass is 16.5. The Kier molecular flexibility index (Phi) is 12.6. The van der Waals surface area contributed by atoms with Crippen LogP contribution in [-0.2, 0) is 0 Å². The van der Waals surface area contributed by atoms with Gasteiger partial charge in [0.2, 0.25) is 0 Å². The third-order valence-corrected chi connectivity index (χ3v) is 11.7. The van der Waals surface area contributed by atoms with Gasteiger partial charge in [0, 0.05) is 74.5 Å². The van der Waals surface area contributed by atoms with Crippen LogP contribution >= 0.6 is 0 Å². The van der Waals surface area contributed by atoms with E-state index in [1.54, 1.807) is 6.07 Å². The highest BCUT2D eigenvalue weighted by molar-refractivity contribution is 5.96. The molecule has 7 N–H and O–H groups in total. The van der Waals surface area contributed by atoms with Crippen molar-refractivity contribution in [1.29, 1.82) is 0 Å². The van der Waals surface area contributed by atoms with E-state index in [9.17, 15) is 4.79 Å². The molecule has 2 fully saturated rings. The summed E-state index contributed by atoms with van der Waals surface area (Å²) in [5, 5.41) is 16.1. The molecule has 0 bridgehead atoms. The van der Waals surface area contributed by atoms with Crippen LogP contribution in [0.1, 0.15) is 10.5 Å². The number of nitrogen functional groups attached to an aromatic ring is 2. The van der Waals surface area contributed by atoms with Crippen LogP contribution in [0.4, 0.5) is 22.7 Å². The number of fused-ring (bicyclic) bond motifs is 3. The van der Waals surface area contributed by atoms with Crippen LogP contribution in [0.3, 0.4) is 0 Å². The number of nitrogens with one attached hydrogen (secondary N) is 3. The van der Waals surface area contributed by atoms with E-state index >= 15 is 0 Å². The number of imidazole rings is 1. The molecular formula is C50H52N12O3. The van der Waals surface area contributed by atoms with Crippen LogP contribution in [0.5, 0.6) is 23.0 Å². The number of hydrogen-bond acceptors (Lipinski definition) is 12. The smallest absolute Gasteiger partial charge is 0.168 e. The third-order valence-electron chi connectivity index (χ3n) is 11.7. The SMILES string of the molecule is CN1CCN(c2ccc(N)c(N)c2)CC1.CN1CCN(c2ccc3nc(-c4n[nH]c5ccc(Oc6ccccc6)cc45)[nH]c3c2)CC1.O=Cc1[nH]nc2ccc(Oc3ccccc3)cc12. The third kappa shape index (κ3) is 10.0. The average Bonchev–Trinajstić information content (AvgIpc) is 4.08. The molecule has 9 aromatic rings. The van der Waals surface area contributed by atoms with Crippen LogP contribution in [0.15, 0.2) is 133 Å². The minimum absolute atomic E-state index is 0.462. The number of hydrogen-bond donors (Lipinski definition) is 5. The molecule has 0 unspecified atom stereocenters. The number of para-hydroxylation sites is 2. The fourth-order valence-corrected chi connectivity index (χ4v) is 7.84. The summed E-state index contributed by atoms with van der Waals surface area (Å²) in [7, 11) is 4.32. The maximum atomic E-state index is 10.8. The number of carbonyl (C=O) groups excluding carboxylic acids is 1. The number of nitrogens with two attached hydrogens (primary N) is 2. The lowest BCUT2D eigenvalue weighted by Gasteiger charge is -2.34. The number of aromatic nitrogens is 6. The first-order valence-electron chi connectivity index (χ1n) is 21.7. The Bertz CT molecular complexity index is 3010.